The van der Waals surface area contributed by atoms with Crippen LogP contribution in [0.4, 0.5) is 28.9 Å². The predicted octanol–water partition coefficient (Wildman–Crippen LogP) is 5.74. The molecule has 262 valence electrons. The fourth-order valence-electron chi connectivity index (χ4n) is 6.11. The van der Waals surface area contributed by atoms with E-state index in [1.54, 1.807) is 0 Å². The van der Waals surface area contributed by atoms with Crippen LogP contribution in [0.15, 0.2) is 85.5 Å². The molecule has 3 unspecified atom stereocenters. The van der Waals surface area contributed by atoms with Crippen LogP contribution in [0.3, 0.4) is 0 Å². The van der Waals surface area contributed by atoms with Crippen molar-refractivity contribution in [1.29, 1.82) is 0 Å². The quantitative estimate of drug-likeness (QED) is 0.168. The highest BCUT2D eigenvalue weighted by Crippen LogP contribution is 2.47. The molecule has 3 atom stereocenters. The largest absolute Gasteiger partial charge is 0.387 e. The summed E-state index contributed by atoms with van der Waals surface area (Å²) in [6, 6.07) is 16.1. The Morgan fingerprint density at radius 3 is 2.02 bits per heavy atom. The molecule has 0 bridgehead atoms. The van der Waals surface area contributed by atoms with E-state index >= 15 is 8.78 Å². The van der Waals surface area contributed by atoms with Crippen LogP contribution < -0.4 is 9.80 Å². The molecule has 6 rings (SSSR count). The Bertz CT molecular complexity index is 1870. The zero-order valence-corrected chi connectivity index (χ0v) is 27.8. The highest BCUT2D eigenvalue weighted by Gasteiger charge is 2.58. The molecule has 2 aromatic carbocycles. The van der Waals surface area contributed by atoms with Crippen molar-refractivity contribution in [3.05, 3.63) is 114 Å². The van der Waals surface area contributed by atoms with E-state index < -0.39 is 47.1 Å². The Balaban J connectivity index is 1.13. The van der Waals surface area contributed by atoms with Gasteiger partial charge in [0.2, 0.25) is 0 Å². The van der Waals surface area contributed by atoms with Crippen LogP contribution >= 0.6 is 0 Å². The van der Waals surface area contributed by atoms with Crippen molar-refractivity contribution in [2.24, 2.45) is 11.8 Å². The zero-order valence-electron chi connectivity index (χ0n) is 27.8. The highest BCUT2D eigenvalue weighted by atomic mass is 19.3. The average Bonchev–Trinajstić information content (AvgIpc) is 3.64. The smallest absolute Gasteiger partial charge is 0.323 e. The SMILES string of the molecule is CC(C)C(C)C(O)c1ccc(N2CCN(c3ccc(-c4ccc(C(F)(F)C(O)(Cn5cnnn5)c5ccc(F)cc5F)nc4)cc3)CC2)cn1. The molecular weight excluding hydrogens is 652 g/mol. The van der Waals surface area contributed by atoms with Gasteiger partial charge in [-0.2, -0.15) is 8.78 Å². The number of aliphatic hydroxyl groups is 2. The third-order valence-electron chi connectivity index (χ3n) is 9.60. The predicted molar refractivity (Wildman–Crippen MR) is 179 cm³/mol. The number of pyridine rings is 2. The van der Waals surface area contributed by atoms with Gasteiger partial charge < -0.3 is 20.0 Å². The van der Waals surface area contributed by atoms with Crippen LogP contribution in [-0.2, 0) is 18.1 Å². The van der Waals surface area contributed by atoms with Gasteiger partial charge in [0.25, 0.3) is 0 Å². The summed E-state index contributed by atoms with van der Waals surface area (Å²) in [5.41, 5.74) is -0.872. The Morgan fingerprint density at radius 2 is 1.46 bits per heavy atom. The minimum atomic E-state index is -4.14. The topological polar surface area (TPSA) is 116 Å². The third-order valence-corrected chi connectivity index (χ3v) is 9.60. The third kappa shape index (κ3) is 6.90. The van der Waals surface area contributed by atoms with Crippen LogP contribution in [0.1, 0.15) is 43.8 Å². The van der Waals surface area contributed by atoms with E-state index in [1.807, 2.05) is 49.5 Å². The van der Waals surface area contributed by atoms with E-state index in [9.17, 15) is 19.0 Å². The number of halogens is 4. The number of alkyl halides is 2. The monoisotopic (exact) mass is 690 g/mol. The lowest BCUT2D eigenvalue weighted by molar-refractivity contribution is -0.207. The molecule has 0 amide bonds. The summed E-state index contributed by atoms with van der Waals surface area (Å²) in [6.07, 6.45) is 3.48. The fourth-order valence-corrected chi connectivity index (χ4v) is 6.11. The second-order valence-corrected chi connectivity index (χ2v) is 13.0. The maximum Gasteiger partial charge on any atom is 0.323 e. The van der Waals surface area contributed by atoms with Crippen molar-refractivity contribution in [3.8, 4) is 11.1 Å². The summed E-state index contributed by atoms with van der Waals surface area (Å²) in [6.45, 7) is 8.40. The zero-order chi connectivity index (χ0) is 35.6. The minimum absolute atomic E-state index is 0.103. The average molecular weight is 691 g/mol. The second kappa shape index (κ2) is 14.1. The standard InChI is InChI=1S/C36H38F4N8O2/c1-23(2)24(3)34(49)32-12-10-29(20-41-32)47-16-14-46(15-17-47)28-8-4-25(5-9-28)26-6-13-33(42-19-26)36(39,40)35(50,21-48-22-43-44-45-48)30-11-7-27(37)18-31(30)38/h4-13,18-20,22-24,34,49-50H,14-17,21H2,1-3H3. The van der Waals surface area contributed by atoms with Crippen molar-refractivity contribution >= 4 is 11.4 Å². The first-order chi connectivity index (χ1) is 23.9. The van der Waals surface area contributed by atoms with Gasteiger partial charge >= 0.3 is 5.92 Å². The molecule has 0 radical (unpaired) electrons. The Kier molecular flexibility index (Phi) is 9.85. The highest BCUT2D eigenvalue weighted by molar-refractivity contribution is 5.66. The molecule has 14 heteroatoms. The molecule has 50 heavy (non-hydrogen) atoms. The summed E-state index contributed by atoms with van der Waals surface area (Å²) in [5.74, 6) is -6.03. The van der Waals surface area contributed by atoms with Gasteiger partial charge in [0.15, 0.2) is 5.60 Å². The molecule has 1 aliphatic rings. The first-order valence-electron chi connectivity index (χ1n) is 16.3. The molecule has 5 aromatic rings. The molecule has 4 heterocycles. The van der Waals surface area contributed by atoms with Gasteiger partial charge in [-0.25, -0.2) is 13.5 Å². The van der Waals surface area contributed by atoms with Crippen LogP contribution in [0, 0.1) is 23.5 Å². The minimum Gasteiger partial charge on any atom is -0.387 e. The summed E-state index contributed by atoms with van der Waals surface area (Å²) < 4.78 is 61.5. The van der Waals surface area contributed by atoms with Gasteiger partial charge in [-0.1, -0.05) is 39.0 Å². The lowest BCUT2D eigenvalue weighted by Crippen LogP contribution is -2.48. The molecule has 0 aliphatic carbocycles. The van der Waals surface area contributed by atoms with Crippen LogP contribution in [0.5, 0.6) is 0 Å². The van der Waals surface area contributed by atoms with Crippen LogP contribution in [0.2, 0.25) is 0 Å². The molecule has 1 saturated heterocycles. The van der Waals surface area contributed by atoms with Crippen molar-refractivity contribution < 1.29 is 27.8 Å². The number of rotatable bonds is 11. The van der Waals surface area contributed by atoms with Gasteiger partial charge in [-0.15, -0.1) is 5.10 Å². The number of aliphatic hydroxyl groups excluding tert-OH is 1. The molecule has 2 N–H and O–H groups in total. The summed E-state index contributed by atoms with van der Waals surface area (Å²) in [7, 11) is 0. The second-order valence-electron chi connectivity index (χ2n) is 13.0. The van der Waals surface area contributed by atoms with Gasteiger partial charge in [0, 0.05) is 55.3 Å². The van der Waals surface area contributed by atoms with Crippen molar-refractivity contribution in [1.82, 2.24) is 30.2 Å². The van der Waals surface area contributed by atoms with E-state index in [2.05, 4.69) is 49.1 Å². The normalized spacial score (nSPS) is 16.4. The molecule has 1 aliphatic heterocycles. The Labute approximate surface area is 287 Å². The Hall–Kier alpha value is -4.95. The fraction of sp³-hybridized carbons (Fsp3) is 0.361. The maximum atomic E-state index is 16.1. The summed E-state index contributed by atoms with van der Waals surface area (Å²) in [4.78, 5) is 13.0. The van der Waals surface area contributed by atoms with Crippen molar-refractivity contribution in [3.63, 3.8) is 0 Å². The molecular formula is C36H38F4N8O2. The van der Waals surface area contributed by atoms with E-state index in [0.29, 0.717) is 23.2 Å². The lowest BCUT2D eigenvalue weighted by Gasteiger charge is -2.37. The number of tetrazole rings is 1. The number of piperazine rings is 1. The molecule has 0 saturated carbocycles. The molecule has 0 spiro atoms. The number of hydrogen-bond acceptors (Lipinski definition) is 9. The van der Waals surface area contributed by atoms with Crippen molar-refractivity contribution in [2.45, 2.75) is 44.9 Å². The van der Waals surface area contributed by atoms with Gasteiger partial charge in [0.05, 0.1) is 30.2 Å². The van der Waals surface area contributed by atoms with E-state index in [4.69, 9.17) is 0 Å². The summed E-state index contributed by atoms with van der Waals surface area (Å²) >= 11 is 0. The molecule has 1 fully saturated rings. The number of benzene rings is 2. The number of anilines is 2. The molecule has 10 nitrogen and oxygen atoms in total. The van der Waals surface area contributed by atoms with Gasteiger partial charge in [-0.05, 0) is 70.3 Å². The van der Waals surface area contributed by atoms with E-state index in [0.717, 1.165) is 72.3 Å². The molecule has 3 aromatic heterocycles. The number of hydrogen-bond donors (Lipinski definition) is 2. The first kappa shape index (κ1) is 34.9. The van der Waals surface area contributed by atoms with E-state index in [1.165, 1.54) is 12.3 Å². The maximum absolute atomic E-state index is 16.1. The summed E-state index contributed by atoms with van der Waals surface area (Å²) in [5, 5.41) is 32.4. The number of aromatic nitrogens is 6. The van der Waals surface area contributed by atoms with E-state index in [-0.39, 0.29) is 5.92 Å². The van der Waals surface area contributed by atoms with Crippen molar-refractivity contribution in [2.75, 3.05) is 36.0 Å². The first-order valence-corrected chi connectivity index (χ1v) is 16.3. The van der Waals surface area contributed by atoms with Gasteiger partial charge in [-0.3, -0.25) is 9.97 Å². The Morgan fingerprint density at radius 1 is 0.800 bits per heavy atom. The van der Waals surface area contributed by atoms with Gasteiger partial charge in [0.1, 0.15) is 23.7 Å². The van der Waals surface area contributed by atoms with Crippen LogP contribution in [0.25, 0.3) is 11.1 Å². The number of nitrogens with zero attached hydrogens (tertiary/aromatic N) is 8. The van der Waals surface area contributed by atoms with Crippen LogP contribution in [-0.4, -0.2) is 66.6 Å². The lowest BCUT2D eigenvalue weighted by atomic mass is 9.84.